The lowest BCUT2D eigenvalue weighted by Crippen LogP contribution is -2.34. The third-order valence-corrected chi connectivity index (χ3v) is 6.10. The summed E-state index contributed by atoms with van der Waals surface area (Å²) in [6.45, 7) is 5.91. The van der Waals surface area contributed by atoms with Crippen LogP contribution in [0.4, 0.5) is 11.4 Å². The summed E-state index contributed by atoms with van der Waals surface area (Å²) < 4.78 is 25.5. The molecule has 2 aromatic carbocycles. The van der Waals surface area contributed by atoms with Gasteiger partial charge in [-0.15, -0.1) is 0 Å². The van der Waals surface area contributed by atoms with Crippen molar-refractivity contribution in [2.45, 2.75) is 39.7 Å². The quantitative estimate of drug-likeness (QED) is 0.893. The molecule has 1 aliphatic heterocycles. The minimum absolute atomic E-state index is 0.138. The van der Waals surface area contributed by atoms with E-state index in [4.69, 9.17) is 0 Å². The number of para-hydroxylation sites is 1. The Labute approximate surface area is 155 Å². The number of carbonyl (C=O) groups excluding carboxylic acids is 1. The fraction of sp³-hybridized carbons (Fsp3) is 0.350. The summed E-state index contributed by atoms with van der Waals surface area (Å²) >= 11 is 0. The monoisotopic (exact) mass is 372 g/mol. The number of fused-ring (bicyclic) bond motifs is 1. The Morgan fingerprint density at radius 1 is 1.27 bits per heavy atom. The van der Waals surface area contributed by atoms with Crippen LogP contribution in [0.1, 0.15) is 40.9 Å². The van der Waals surface area contributed by atoms with Crippen molar-refractivity contribution in [1.29, 1.82) is 0 Å². The molecule has 1 heterocycles. The Kier molecular flexibility index (Phi) is 4.80. The molecule has 5 nitrogen and oxygen atoms in total. The largest absolute Gasteiger partial charge is 0.321 e. The zero-order valence-corrected chi connectivity index (χ0v) is 16.4. The van der Waals surface area contributed by atoms with Crippen molar-refractivity contribution < 1.29 is 13.2 Å². The number of rotatable bonds is 4. The molecule has 0 spiro atoms. The zero-order chi connectivity index (χ0) is 19.1. The fourth-order valence-corrected chi connectivity index (χ4v) is 4.90. The van der Waals surface area contributed by atoms with Crippen LogP contribution in [-0.4, -0.2) is 26.6 Å². The summed E-state index contributed by atoms with van der Waals surface area (Å²) in [5.74, 6) is -0.178. The van der Waals surface area contributed by atoms with Gasteiger partial charge in [0.25, 0.3) is 5.91 Å². The van der Waals surface area contributed by atoms with E-state index in [1.165, 1.54) is 10.6 Å². The predicted octanol–water partition coefficient (Wildman–Crippen LogP) is 3.52. The highest BCUT2D eigenvalue weighted by Gasteiger charge is 2.32. The molecule has 1 N–H and O–H groups in total. The molecular weight excluding hydrogens is 348 g/mol. The number of carbonyl (C=O) groups is 1. The number of nitrogens with zero attached hydrogens (tertiary/aromatic N) is 1. The average molecular weight is 372 g/mol. The predicted molar refractivity (Wildman–Crippen MR) is 105 cm³/mol. The van der Waals surface area contributed by atoms with Gasteiger partial charge in [-0.05, 0) is 61.6 Å². The lowest BCUT2D eigenvalue weighted by molar-refractivity contribution is 0.102. The molecular formula is C20H24N2O3S. The average Bonchev–Trinajstić information content (AvgIpc) is 2.91. The van der Waals surface area contributed by atoms with Crippen molar-refractivity contribution in [3.05, 3.63) is 58.7 Å². The summed E-state index contributed by atoms with van der Waals surface area (Å²) in [6.07, 6.45) is 2.65. The Bertz CT molecular complexity index is 967. The minimum Gasteiger partial charge on any atom is -0.321 e. The van der Waals surface area contributed by atoms with Crippen molar-refractivity contribution in [3.8, 4) is 0 Å². The highest BCUT2D eigenvalue weighted by atomic mass is 32.2. The van der Waals surface area contributed by atoms with Crippen LogP contribution in [-0.2, 0) is 22.9 Å². The molecule has 0 fully saturated rings. The second-order valence-electron chi connectivity index (χ2n) is 6.87. The first-order chi connectivity index (χ1) is 12.2. The normalized spacial score (nSPS) is 16.5. The molecule has 3 rings (SSSR count). The van der Waals surface area contributed by atoms with Gasteiger partial charge in [0.1, 0.15) is 0 Å². The zero-order valence-electron chi connectivity index (χ0n) is 15.5. The molecule has 0 radical (unpaired) electrons. The number of anilines is 2. The second kappa shape index (κ2) is 6.76. The summed E-state index contributed by atoms with van der Waals surface area (Å²) in [6, 6.07) is 11.1. The van der Waals surface area contributed by atoms with Gasteiger partial charge in [-0.2, -0.15) is 0 Å². The van der Waals surface area contributed by atoms with Crippen LogP contribution in [0.5, 0.6) is 0 Å². The Morgan fingerprint density at radius 2 is 2.00 bits per heavy atom. The number of hydrogen-bond acceptors (Lipinski definition) is 3. The highest BCUT2D eigenvalue weighted by molar-refractivity contribution is 7.92. The van der Waals surface area contributed by atoms with Crippen LogP contribution in [0.2, 0.25) is 0 Å². The lowest BCUT2D eigenvalue weighted by atomic mass is 10.0. The second-order valence-corrected chi connectivity index (χ2v) is 8.73. The van der Waals surface area contributed by atoms with Crippen LogP contribution in [0.15, 0.2) is 36.4 Å². The van der Waals surface area contributed by atoms with Crippen molar-refractivity contribution in [2.24, 2.45) is 0 Å². The molecule has 2 aromatic rings. The van der Waals surface area contributed by atoms with E-state index in [-0.39, 0.29) is 11.9 Å². The van der Waals surface area contributed by atoms with Crippen molar-refractivity contribution in [2.75, 3.05) is 15.9 Å². The minimum atomic E-state index is -3.33. The summed E-state index contributed by atoms with van der Waals surface area (Å²) in [5, 5.41) is 3.02. The van der Waals surface area contributed by atoms with E-state index in [2.05, 4.69) is 12.2 Å². The first-order valence-electron chi connectivity index (χ1n) is 8.74. The first-order valence-corrected chi connectivity index (χ1v) is 10.6. The van der Waals surface area contributed by atoms with E-state index in [9.17, 15) is 13.2 Å². The summed E-state index contributed by atoms with van der Waals surface area (Å²) in [4.78, 5) is 12.8. The number of sulfonamides is 1. The maximum absolute atomic E-state index is 12.8. The van der Waals surface area contributed by atoms with E-state index in [0.717, 1.165) is 28.8 Å². The van der Waals surface area contributed by atoms with E-state index in [1.54, 1.807) is 18.2 Å². The van der Waals surface area contributed by atoms with Gasteiger partial charge in [0.2, 0.25) is 10.0 Å². The summed E-state index contributed by atoms with van der Waals surface area (Å²) in [5.41, 5.74) is 5.06. The van der Waals surface area contributed by atoms with Gasteiger partial charge in [0.05, 0.1) is 11.9 Å². The molecule has 1 unspecified atom stereocenters. The van der Waals surface area contributed by atoms with Crippen molar-refractivity contribution in [1.82, 2.24) is 0 Å². The van der Waals surface area contributed by atoms with Crippen LogP contribution in [0.25, 0.3) is 0 Å². The van der Waals surface area contributed by atoms with Gasteiger partial charge in [-0.1, -0.05) is 25.1 Å². The molecule has 1 amide bonds. The Morgan fingerprint density at radius 3 is 2.65 bits per heavy atom. The van der Waals surface area contributed by atoms with E-state index < -0.39 is 10.0 Å². The number of aryl methyl sites for hydroxylation is 2. The number of nitrogens with one attached hydrogen (secondary N) is 1. The van der Waals surface area contributed by atoms with Gasteiger partial charge in [-0.25, -0.2) is 8.42 Å². The number of amides is 1. The van der Waals surface area contributed by atoms with E-state index in [0.29, 0.717) is 17.7 Å². The van der Waals surface area contributed by atoms with Crippen molar-refractivity contribution >= 4 is 27.3 Å². The van der Waals surface area contributed by atoms with Gasteiger partial charge >= 0.3 is 0 Å². The Balaban J connectivity index is 1.91. The standard InChI is InChI=1S/C20H24N2O3S/c1-5-15-8-6-7-13(2)19(15)21-20(23)16-9-10-18-17(12-16)11-14(3)22(18)26(4,24)25/h6-10,12,14H,5,11H2,1-4H3,(H,21,23). The Hall–Kier alpha value is -2.34. The number of hydrogen-bond donors (Lipinski definition) is 1. The van der Waals surface area contributed by atoms with Gasteiger partial charge in [0, 0.05) is 17.3 Å². The SMILES string of the molecule is CCc1cccc(C)c1NC(=O)c1ccc2c(c1)CC(C)N2S(C)(=O)=O. The first kappa shape index (κ1) is 18.5. The molecule has 0 aromatic heterocycles. The van der Waals surface area contributed by atoms with Crippen LogP contribution < -0.4 is 9.62 Å². The molecule has 6 heteroatoms. The molecule has 26 heavy (non-hydrogen) atoms. The third kappa shape index (κ3) is 3.33. The summed E-state index contributed by atoms with van der Waals surface area (Å²) in [7, 11) is -3.33. The van der Waals surface area contributed by atoms with Gasteiger partial charge < -0.3 is 5.32 Å². The molecule has 0 saturated heterocycles. The molecule has 0 aliphatic carbocycles. The lowest BCUT2D eigenvalue weighted by Gasteiger charge is -2.22. The highest BCUT2D eigenvalue weighted by Crippen LogP contribution is 2.35. The maximum atomic E-state index is 12.8. The maximum Gasteiger partial charge on any atom is 0.255 e. The smallest absolute Gasteiger partial charge is 0.255 e. The van der Waals surface area contributed by atoms with Crippen LogP contribution >= 0.6 is 0 Å². The van der Waals surface area contributed by atoms with Crippen LogP contribution in [0, 0.1) is 6.92 Å². The molecule has 0 saturated carbocycles. The molecule has 138 valence electrons. The molecule has 1 atom stereocenters. The number of benzene rings is 2. The fourth-order valence-electron chi connectivity index (χ4n) is 3.64. The molecule has 0 bridgehead atoms. The van der Waals surface area contributed by atoms with E-state index in [1.807, 2.05) is 32.0 Å². The van der Waals surface area contributed by atoms with Crippen LogP contribution in [0.3, 0.4) is 0 Å². The van der Waals surface area contributed by atoms with E-state index >= 15 is 0 Å². The molecule has 1 aliphatic rings. The van der Waals surface area contributed by atoms with Gasteiger partial charge in [-0.3, -0.25) is 9.10 Å². The van der Waals surface area contributed by atoms with Gasteiger partial charge in [0.15, 0.2) is 0 Å². The van der Waals surface area contributed by atoms with Crippen molar-refractivity contribution in [3.63, 3.8) is 0 Å². The topological polar surface area (TPSA) is 66.5 Å². The third-order valence-electron chi connectivity index (χ3n) is 4.83.